The van der Waals surface area contributed by atoms with E-state index in [-0.39, 0.29) is 0 Å². The number of aromatic nitrogens is 2. The molecule has 1 heterocycles. The highest BCUT2D eigenvalue weighted by atomic mass is 79.9. The Morgan fingerprint density at radius 1 is 1.00 bits per heavy atom. The van der Waals surface area contributed by atoms with Gasteiger partial charge < -0.3 is 4.74 Å². The monoisotopic (exact) mass is 310 g/mol. The lowest BCUT2D eigenvalue weighted by molar-refractivity contribution is 0.175. The minimum atomic E-state index is 0.348. The minimum absolute atomic E-state index is 0.348. The average molecular weight is 311 g/mol. The standard InChI is InChI=1S/C14H19BrN2O/c15-12-9-13(17-14(16-12)10-7-8-10)18-11-5-3-1-2-4-6-11/h9-11H,1-8H2. The van der Waals surface area contributed by atoms with E-state index >= 15 is 0 Å². The van der Waals surface area contributed by atoms with Crippen LogP contribution in [0.2, 0.25) is 0 Å². The first kappa shape index (κ1) is 12.4. The Kier molecular flexibility index (Phi) is 3.83. The molecule has 0 aromatic carbocycles. The number of halogens is 1. The van der Waals surface area contributed by atoms with E-state index in [0.29, 0.717) is 12.0 Å². The van der Waals surface area contributed by atoms with Crippen molar-refractivity contribution in [3.8, 4) is 5.88 Å². The normalized spacial score (nSPS) is 21.6. The van der Waals surface area contributed by atoms with E-state index in [1.165, 1.54) is 51.4 Å². The fourth-order valence-electron chi connectivity index (χ4n) is 2.53. The molecular weight excluding hydrogens is 292 g/mol. The van der Waals surface area contributed by atoms with Gasteiger partial charge in [0, 0.05) is 12.0 Å². The zero-order chi connectivity index (χ0) is 12.4. The molecular formula is C14H19BrN2O. The van der Waals surface area contributed by atoms with Gasteiger partial charge >= 0.3 is 0 Å². The van der Waals surface area contributed by atoms with Gasteiger partial charge in [-0.1, -0.05) is 12.8 Å². The quantitative estimate of drug-likeness (QED) is 0.619. The van der Waals surface area contributed by atoms with Crippen LogP contribution in [0.3, 0.4) is 0 Å². The summed E-state index contributed by atoms with van der Waals surface area (Å²) in [6, 6.07) is 1.90. The van der Waals surface area contributed by atoms with Crippen LogP contribution in [0.1, 0.15) is 63.1 Å². The van der Waals surface area contributed by atoms with Gasteiger partial charge in [0.15, 0.2) is 0 Å². The molecule has 0 aliphatic heterocycles. The second-order valence-corrected chi connectivity index (χ2v) is 6.21. The molecule has 2 fully saturated rings. The highest BCUT2D eigenvalue weighted by molar-refractivity contribution is 9.10. The molecule has 2 aliphatic rings. The fourth-order valence-corrected chi connectivity index (χ4v) is 2.91. The molecule has 2 aliphatic carbocycles. The molecule has 0 saturated heterocycles. The predicted molar refractivity (Wildman–Crippen MR) is 73.8 cm³/mol. The van der Waals surface area contributed by atoms with Crippen molar-refractivity contribution in [3.63, 3.8) is 0 Å². The van der Waals surface area contributed by atoms with E-state index in [1.54, 1.807) is 0 Å². The van der Waals surface area contributed by atoms with Crippen LogP contribution < -0.4 is 4.74 Å². The summed E-state index contributed by atoms with van der Waals surface area (Å²) in [7, 11) is 0. The van der Waals surface area contributed by atoms with Crippen molar-refractivity contribution >= 4 is 15.9 Å². The van der Waals surface area contributed by atoms with Crippen molar-refractivity contribution in [2.75, 3.05) is 0 Å². The second kappa shape index (κ2) is 5.55. The van der Waals surface area contributed by atoms with Crippen LogP contribution in [0.25, 0.3) is 0 Å². The summed E-state index contributed by atoms with van der Waals surface area (Å²) in [4.78, 5) is 8.99. The zero-order valence-corrected chi connectivity index (χ0v) is 12.2. The second-order valence-electron chi connectivity index (χ2n) is 5.39. The highest BCUT2D eigenvalue weighted by Gasteiger charge is 2.27. The molecule has 3 rings (SSSR count). The summed E-state index contributed by atoms with van der Waals surface area (Å²) in [6.45, 7) is 0. The summed E-state index contributed by atoms with van der Waals surface area (Å²) >= 11 is 3.46. The third kappa shape index (κ3) is 3.22. The molecule has 0 radical (unpaired) electrons. The molecule has 0 atom stereocenters. The first-order chi connectivity index (χ1) is 8.81. The van der Waals surface area contributed by atoms with Crippen LogP contribution >= 0.6 is 15.9 Å². The maximum absolute atomic E-state index is 6.05. The fraction of sp³-hybridized carbons (Fsp3) is 0.714. The Morgan fingerprint density at radius 3 is 2.39 bits per heavy atom. The topological polar surface area (TPSA) is 35.0 Å². The SMILES string of the molecule is Brc1cc(OC2CCCCCC2)nc(C2CC2)n1. The number of rotatable bonds is 3. The number of ether oxygens (including phenoxy) is 1. The molecule has 0 spiro atoms. The Bertz CT molecular complexity index is 412. The van der Waals surface area contributed by atoms with Gasteiger partial charge in [-0.2, -0.15) is 4.98 Å². The Morgan fingerprint density at radius 2 is 1.72 bits per heavy atom. The van der Waals surface area contributed by atoms with Crippen LogP contribution in [0.4, 0.5) is 0 Å². The maximum atomic E-state index is 6.05. The molecule has 3 nitrogen and oxygen atoms in total. The van der Waals surface area contributed by atoms with E-state index < -0.39 is 0 Å². The molecule has 0 amide bonds. The lowest BCUT2D eigenvalue weighted by Gasteiger charge is -2.16. The lowest BCUT2D eigenvalue weighted by atomic mass is 10.1. The molecule has 98 valence electrons. The molecule has 0 bridgehead atoms. The molecule has 18 heavy (non-hydrogen) atoms. The summed E-state index contributed by atoms with van der Waals surface area (Å²) < 4.78 is 6.90. The van der Waals surface area contributed by atoms with Crippen LogP contribution in [-0.4, -0.2) is 16.1 Å². The van der Waals surface area contributed by atoms with Crippen LogP contribution in [0, 0.1) is 0 Å². The minimum Gasteiger partial charge on any atom is -0.474 e. The zero-order valence-electron chi connectivity index (χ0n) is 10.6. The van der Waals surface area contributed by atoms with Gasteiger partial charge in [-0.25, -0.2) is 4.98 Å². The lowest BCUT2D eigenvalue weighted by Crippen LogP contribution is -2.16. The van der Waals surface area contributed by atoms with Gasteiger partial charge in [-0.3, -0.25) is 0 Å². The molecule has 4 heteroatoms. The van der Waals surface area contributed by atoms with Crippen LogP contribution in [0.5, 0.6) is 5.88 Å². The summed E-state index contributed by atoms with van der Waals surface area (Å²) in [5, 5.41) is 0. The maximum Gasteiger partial charge on any atom is 0.218 e. The smallest absolute Gasteiger partial charge is 0.218 e. The third-order valence-corrected chi connectivity index (χ3v) is 4.13. The van der Waals surface area contributed by atoms with E-state index in [2.05, 4.69) is 25.9 Å². The van der Waals surface area contributed by atoms with Gasteiger partial charge in [0.05, 0.1) is 0 Å². The Hall–Kier alpha value is -0.640. The number of hydrogen-bond donors (Lipinski definition) is 0. The average Bonchev–Trinajstić information content (AvgIpc) is 3.16. The number of nitrogens with zero attached hydrogens (tertiary/aromatic N) is 2. The predicted octanol–water partition coefficient (Wildman–Crippen LogP) is 4.22. The van der Waals surface area contributed by atoms with Crippen molar-refractivity contribution in [2.45, 2.75) is 63.4 Å². The largest absolute Gasteiger partial charge is 0.474 e. The van der Waals surface area contributed by atoms with E-state index in [4.69, 9.17) is 4.74 Å². The van der Waals surface area contributed by atoms with Crippen molar-refractivity contribution in [1.29, 1.82) is 0 Å². The van der Waals surface area contributed by atoms with Gasteiger partial charge in [-0.05, 0) is 54.5 Å². The Balaban J connectivity index is 1.70. The third-order valence-electron chi connectivity index (χ3n) is 3.72. The summed E-state index contributed by atoms with van der Waals surface area (Å²) in [6.07, 6.45) is 10.4. The van der Waals surface area contributed by atoms with Gasteiger partial charge in [0.25, 0.3) is 0 Å². The molecule has 2 saturated carbocycles. The molecule has 1 aromatic heterocycles. The van der Waals surface area contributed by atoms with Crippen LogP contribution in [-0.2, 0) is 0 Å². The van der Waals surface area contributed by atoms with Crippen molar-refractivity contribution in [3.05, 3.63) is 16.5 Å². The number of hydrogen-bond acceptors (Lipinski definition) is 3. The van der Waals surface area contributed by atoms with Crippen molar-refractivity contribution < 1.29 is 4.74 Å². The molecule has 0 N–H and O–H groups in total. The molecule has 1 aromatic rings. The van der Waals surface area contributed by atoms with Gasteiger partial charge in [0.2, 0.25) is 5.88 Å². The van der Waals surface area contributed by atoms with Crippen molar-refractivity contribution in [1.82, 2.24) is 9.97 Å². The van der Waals surface area contributed by atoms with Crippen molar-refractivity contribution in [2.24, 2.45) is 0 Å². The summed E-state index contributed by atoms with van der Waals surface area (Å²) in [5.41, 5.74) is 0. The first-order valence-electron chi connectivity index (χ1n) is 7.02. The van der Waals surface area contributed by atoms with E-state index in [1.807, 2.05) is 6.07 Å². The van der Waals surface area contributed by atoms with E-state index in [0.717, 1.165) is 16.3 Å². The Labute approximate surface area is 116 Å². The van der Waals surface area contributed by atoms with E-state index in [9.17, 15) is 0 Å². The summed E-state index contributed by atoms with van der Waals surface area (Å²) in [5.74, 6) is 2.28. The van der Waals surface area contributed by atoms with Gasteiger partial charge in [0.1, 0.15) is 16.5 Å². The highest BCUT2D eigenvalue weighted by Crippen LogP contribution is 2.39. The van der Waals surface area contributed by atoms with Gasteiger partial charge in [-0.15, -0.1) is 0 Å². The van der Waals surface area contributed by atoms with Crippen LogP contribution in [0.15, 0.2) is 10.7 Å². The molecule has 0 unspecified atom stereocenters. The first-order valence-corrected chi connectivity index (χ1v) is 7.82.